The third-order valence-corrected chi connectivity index (χ3v) is 2.59. The van der Waals surface area contributed by atoms with E-state index in [-0.39, 0.29) is 12.5 Å². The van der Waals surface area contributed by atoms with Gasteiger partial charge in [-0.3, -0.25) is 4.79 Å². The van der Waals surface area contributed by atoms with Gasteiger partial charge >= 0.3 is 0 Å². The van der Waals surface area contributed by atoms with Crippen molar-refractivity contribution in [1.82, 2.24) is 5.32 Å². The maximum atomic E-state index is 11.5. The minimum atomic E-state index is -1.29. The molecule has 1 unspecified atom stereocenters. The van der Waals surface area contributed by atoms with E-state index in [1.165, 1.54) is 13.0 Å². The Balaban J connectivity index is 2.53. The highest BCUT2D eigenvalue weighted by molar-refractivity contribution is 5.91. The topological polar surface area (TPSA) is 69.6 Å². The van der Waals surface area contributed by atoms with E-state index in [2.05, 4.69) is 5.32 Å². The Kier molecular flexibility index (Phi) is 5.07. The van der Waals surface area contributed by atoms with Gasteiger partial charge in [0.05, 0.1) is 6.61 Å². The Morgan fingerprint density at radius 1 is 1.44 bits per heavy atom. The summed E-state index contributed by atoms with van der Waals surface area (Å²) in [5, 5.41) is 20.9. The Labute approximate surface area is 107 Å². The lowest BCUT2D eigenvalue weighted by Gasteiger charge is -2.19. The smallest absolute Gasteiger partial charge is 0.244 e. The quantitative estimate of drug-likeness (QED) is 0.678. The first kappa shape index (κ1) is 14.4. The van der Waals surface area contributed by atoms with Crippen LogP contribution in [0.4, 0.5) is 0 Å². The van der Waals surface area contributed by atoms with Crippen molar-refractivity contribution in [3.05, 3.63) is 41.5 Å². The van der Waals surface area contributed by atoms with E-state index < -0.39 is 12.2 Å². The number of hydrogen-bond donors (Lipinski definition) is 3. The maximum absolute atomic E-state index is 11.5. The summed E-state index contributed by atoms with van der Waals surface area (Å²) in [5.41, 5.74) is 0.775. The first-order valence-electron chi connectivity index (χ1n) is 5.79. The summed E-state index contributed by atoms with van der Waals surface area (Å²) in [4.78, 5) is 11.5. The zero-order chi connectivity index (χ0) is 13.6. The molecule has 0 aliphatic rings. The number of aliphatic hydroxyl groups is 2. The molecule has 1 aromatic carbocycles. The number of hydrogen-bond acceptors (Lipinski definition) is 3. The fourth-order valence-electron chi connectivity index (χ4n) is 1.33. The maximum Gasteiger partial charge on any atom is 0.244 e. The lowest BCUT2D eigenvalue weighted by atomic mass is 10.1. The second-order valence-corrected chi connectivity index (χ2v) is 4.56. The molecule has 1 aromatic rings. The van der Waals surface area contributed by atoms with Gasteiger partial charge < -0.3 is 15.5 Å². The average molecular weight is 249 g/mol. The normalized spacial score (nSPS) is 14.4. The molecule has 0 spiro atoms. The van der Waals surface area contributed by atoms with Crippen LogP contribution in [0.25, 0.3) is 6.08 Å². The molecule has 4 heteroatoms. The number of nitrogens with one attached hydrogen (secondary N) is 1. The Morgan fingerprint density at radius 3 is 2.72 bits per heavy atom. The molecular formula is C14H19NO3. The van der Waals surface area contributed by atoms with Crippen LogP contribution in [0.2, 0.25) is 0 Å². The van der Waals surface area contributed by atoms with Gasteiger partial charge in [0.2, 0.25) is 5.91 Å². The highest BCUT2D eigenvalue weighted by atomic mass is 16.3. The van der Waals surface area contributed by atoms with Crippen LogP contribution < -0.4 is 5.32 Å². The number of carbonyl (C=O) groups excluding carboxylic acids is 1. The summed E-state index contributed by atoms with van der Waals surface area (Å²) >= 11 is 0. The molecule has 1 amide bonds. The molecule has 0 fully saturated rings. The Morgan fingerprint density at radius 2 is 2.11 bits per heavy atom. The van der Waals surface area contributed by atoms with E-state index in [4.69, 9.17) is 5.11 Å². The predicted octanol–water partition coefficient (Wildman–Crippen LogP) is 0.868. The molecule has 0 heterocycles. The number of carbonyl (C=O) groups is 1. The van der Waals surface area contributed by atoms with Crippen LogP contribution in [-0.4, -0.2) is 34.9 Å². The van der Waals surface area contributed by atoms with Gasteiger partial charge in [0, 0.05) is 12.6 Å². The van der Waals surface area contributed by atoms with Crippen LogP contribution >= 0.6 is 0 Å². The van der Waals surface area contributed by atoms with Gasteiger partial charge in [0.1, 0.15) is 5.60 Å². The predicted molar refractivity (Wildman–Crippen MR) is 70.9 cm³/mol. The summed E-state index contributed by atoms with van der Waals surface area (Å²) in [6.45, 7) is 3.04. The van der Waals surface area contributed by atoms with Crippen molar-refractivity contribution >= 4 is 12.0 Å². The minimum absolute atomic E-state index is 0.0143. The Hall–Kier alpha value is -1.65. The average Bonchev–Trinajstić information content (AvgIpc) is 2.35. The summed E-state index contributed by atoms with van der Waals surface area (Å²) < 4.78 is 0. The molecule has 0 saturated carbocycles. The van der Waals surface area contributed by atoms with Crippen molar-refractivity contribution in [2.75, 3.05) is 13.2 Å². The Bertz CT molecular complexity index is 438. The second kappa shape index (κ2) is 6.33. The number of aryl methyl sites for hydroxylation is 1. The second-order valence-electron chi connectivity index (χ2n) is 4.56. The van der Waals surface area contributed by atoms with Crippen LogP contribution in [0.1, 0.15) is 18.1 Å². The first-order chi connectivity index (χ1) is 8.44. The van der Waals surface area contributed by atoms with Crippen molar-refractivity contribution in [2.45, 2.75) is 19.4 Å². The number of benzene rings is 1. The third-order valence-electron chi connectivity index (χ3n) is 2.59. The van der Waals surface area contributed by atoms with E-state index in [0.717, 1.165) is 11.1 Å². The highest BCUT2D eigenvalue weighted by Gasteiger charge is 2.18. The molecule has 98 valence electrons. The van der Waals surface area contributed by atoms with Gasteiger partial charge in [-0.2, -0.15) is 0 Å². The number of rotatable bonds is 5. The molecule has 0 saturated heterocycles. The number of aliphatic hydroxyl groups excluding tert-OH is 1. The van der Waals surface area contributed by atoms with E-state index in [1.807, 2.05) is 31.2 Å². The van der Waals surface area contributed by atoms with Gasteiger partial charge in [-0.25, -0.2) is 0 Å². The number of amides is 1. The van der Waals surface area contributed by atoms with Crippen molar-refractivity contribution in [1.29, 1.82) is 0 Å². The lowest BCUT2D eigenvalue weighted by Crippen LogP contribution is -2.42. The van der Waals surface area contributed by atoms with Crippen LogP contribution in [0.3, 0.4) is 0 Å². The molecule has 0 aromatic heterocycles. The van der Waals surface area contributed by atoms with Crippen LogP contribution in [0.5, 0.6) is 0 Å². The van der Waals surface area contributed by atoms with Crippen LogP contribution in [0.15, 0.2) is 30.3 Å². The standard InChI is InChI=1S/C14H19NO3/c1-11-5-3-4-6-12(11)7-8-13(17)15-9-14(2,18)10-16/h3-8,16,18H,9-10H2,1-2H3,(H,15,17). The van der Waals surface area contributed by atoms with Gasteiger partial charge in [0.25, 0.3) is 0 Å². The molecular weight excluding hydrogens is 230 g/mol. The molecule has 3 N–H and O–H groups in total. The van der Waals surface area contributed by atoms with Crippen LogP contribution in [0, 0.1) is 6.92 Å². The zero-order valence-corrected chi connectivity index (χ0v) is 10.7. The van der Waals surface area contributed by atoms with Gasteiger partial charge in [-0.15, -0.1) is 0 Å². The molecule has 4 nitrogen and oxygen atoms in total. The van der Waals surface area contributed by atoms with Gasteiger partial charge in [-0.05, 0) is 31.1 Å². The molecule has 1 atom stereocenters. The molecule has 18 heavy (non-hydrogen) atoms. The molecule has 0 radical (unpaired) electrons. The summed E-state index contributed by atoms with van der Waals surface area (Å²) in [5.74, 6) is -0.299. The molecule has 1 rings (SSSR count). The van der Waals surface area contributed by atoms with E-state index in [9.17, 15) is 9.90 Å². The van der Waals surface area contributed by atoms with Gasteiger partial charge in [0.15, 0.2) is 0 Å². The zero-order valence-electron chi connectivity index (χ0n) is 10.7. The summed E-state index contributed by atoms with van der Waals surface area (Å²) in [6, 6.07) is 7.73. The summed E-state index contributed by atoms with van der Waals surface area (Å²) in [7, 11) is 0. The van der Waals surface area contributed by atoms with Gasteiger partial charge in [-0.1, -0.05) is 24.3 Å². The fraction of sp³-hybridized carbons (Fsp3) is 0.357. The largest absolute Gasteiger partial charge is 0.393 e. The SMILES string of the molecule is Cc1ccccc1C=CC(=O)NCC(C)(O)CO. The first-order valence-corrected chi connectivity index (χ1v) is 5.79. The molecule has 0 aliphatic carbocycles. The summed E-state index contributed by atoms with van der Waals surface area (Å²) in [6.07, 6.45) is 3.13. The van der Waals surface area contributed by atoms with Crippen molar-refractivity contribution < 1.29 is 15.0 Å². The van der Waals surface area contributed by atoms with Crippen molar-refractivity contribution in [2.24, 2.45) is 0 Å². The van der Waals surface area contributed by atoms with Crippen molar-refractivity contribution in [3.8, 4) is 0 Å². The highest BCUT2D eigenvalue weighted by Crippen LogP contribution is 2.08. The van der Waals surface area contributed by atoms with Crippen LogP contribution in [-0.2, 0) is 4.79 Å². The van der Waals surface area contributed by atoms with E-state index in [1.54, 1.807) is 6.08 Å². The third kappa shape index (κ3) is 4.69. The van der Waals surface area contributed by atoms with E-state index >= 15 is 0 Å². The molecule has 0 bridgehead atoms. The fourth-order valence-corrected chi connectivity index (χ4v) is 1.33. The monoisotopic (exact) mass is 249 g/mol. The lowest BCUT2D eigenvalue weighted by molar-refractivity contribution is -0.117. The van der Waals surface area contributed by atoms with E-state index in [0.29, 0.717) is 0 Å². The molecule has 0 aliphatic heterocycles. The van der Waals surface area contributed by atoms with Crippen molar-refractivity contribution in [3.63, 3.8) is 0 Å². The minimum Gasteiger partial charge on any atom is -0.393 e.